The molecule has 1 saturated heterocycles. The molecule has 0 saturated carbocycles. The Morgan fingerprint density at radius 1 is 1.65 bits per heavy atom. The molecule has 1 aromatic rings. The SMILES string of the molecule is CC(NP(=O)(O)OC[C@H]1S[C@@H](n2ccc(N)nc2=O)[C@@H](F)[C@@H]1O)C(=O)O. The summed E-state index contributed by atoms with van der Waals surface area (Å²) in [4.78, 5) is 35.6. The van der Waals surface area contributed by atoms with E-state index in [4.69, 9.17) is 15.4 Å². The number of anilines is 1. The summed E-state index contributed by atoms with van der Waals surface area (Å²) in [6.45, 7) is 0.592. The van der Waals surface area contributed by atoms with E-state index in [1.807, 2.05) is 5.09 Å². The van der Waals surface area contributed by atoms with E-state index >= 15 is 0 Å². The molecule has 11 nitrogen and oxygen atoms in total. The molecule has 14 heteroatoms. The first-order valence-electron chi connectivity index (χ1n) is 7.32. The van der Waals surface area contributed by atoms with Crippen molar-refractivity contribution in [3.63, 3.8) is 0 Å². The number of aliphatic carboxylic acids is 1. The number of carboxylic acid groups (broad SMARTS) is 1. The van der Waals surface area contributed by atoms with Gasteiger partial charge in [-0.15, -0.1) is 11.8 Å². The Labute approximate surface area is 151 Å². The van der Waals surface area contributed by atoms with Crippen LogP contribution in [0.25, 0.3) is 0 Å². The van der Waals surface area contributed by atoms with Gasteiger partial charge in [0.2, 0.25) is 0 Å². The van der Waals surface area contributed by atoms with E-state index in [9.17, 15) is 28.5 Å². The fourth-order valence-electron chi connectivity index (χ4n) is 2.20. The van der Waals surface area contributed by atoms with Gasteiger partial charge in [-0.25, -0.2) is 18.8 Å². The van der Waals surface area contributed by atoms with Gasteiger partial charge in [-0.2, -0.15) is 4.98 Å². The topological polar surface area (TPSA) is 177 Å². The van der Waals surface area contributed by atoms with Crippen molar-refractivity contribution in [2.45, 2.75) is 35.9 Å². The molecule has 6 N–H and O–H groups in total. The quantitative estimate of drug-likeness (QED) is 0.358. The molecule has 0 amide bonds. The lowest BCUT2D eigenvalue weighted by Gasteiger charge is -2.19. The normalized spacial score (nSPS) is 29.2. The number of halogens is 1. The van der Waals surface area contributed by atoms with Crippen LogP contribution in [0.3, 0.4) is 0 Å². The molecule has 0 spiro atoms. The average molecular weight is 412 g/mol. The lowest BCUT2D eigenvalue weighted by atomic mass is 10.1. The highest BCUT2D eigenvalue weighted by atomic mass is 32.2. The number of rotatable bonds is 7. The molecular weight excluding hydrogens is 394 g/mol. The second kappa shape index (κ2) is 8.03. The Bertz CT molecular complexity index is 780. The fourth-order valence-corrected chi connectivity index (χ4v) is 4.75. The highest BCUT2D eigenvalue weighted by molar-refractivity contribution is 8.00. The molecule has 2 heterocycles. The molecule has 0 radical (unpaired) electrons. The third-order valence-corrected chi connectivity index (χ3v) is 6.30. The van der Waals surface area contributed by atoms with Crippen molar-refractivity contribution in [2.24, 2.45) is 0 Å². The van der Waals surface area contributed by atoms with Crippen molar-refractivity contribution in [1.29, 1.82) is 0 Å². The number of nitrogens with zero attached hydrogens (tertiary/aromatic N) is 2. The first kappa shape index (κ1) is 20.8. The molecule has 1 fully saturated rings. The maximum Gasteiger partial charge on any atom is 0.403 e. The number of nitrogen functional groups attached to an aromatic ring is 1. The zero-order valence-corrected chi connectivity index (χ0v) is 15.1. The summed E-state index contributed by atoms with van der Waals surface area (Å²) in [5, 5.41) is 18.5. The first-order valence-corrected chi connectivity index (χ1v) is 9.84. The number of nitrogens with two attached hydrogens (primary N) is 1. The zero-order valence-electron chi connectivity index (χ0n) is 13.4. The molecule has 0 bridgehead atoms. The first-order chi connectivity index (χ1) is 12.0. The van der Waals surface area contributed by atoms with Crippen LogP contribution in [0.15, 0.2) is 17.1 Å². The van der Waals surface area contributed by atoms with Crippen molar-refractivity contribution in [3.8, 4) is 0 Å². The number of carboxylic acids is 1. The number of aliphatic hydroxyl groups is 1. The molecular formula is C12H18FN4O7PS. The predicted octanol–water partition coefficient (Wildman–Crippen LogP) is -0.682. The molecule has 2 unspecified atom stereocenters. The van der Waals surface area contributed by atoms with Gasteiger partial charge in [0.25, 0.3) is 0 Å². The number of hydrogen-bond donors (Lipinski definition) is 5. The van der Waals surface area contributed by atoms with E-state index in [2.05, 4.69) is 4.98 Å². The van der Waals surface area contributed by atoms with Crippen LogP contribution in [-0.2, 0) is 13.9 Å². The Hall–Kier alpha value is -1.50. The molecule has 26 heavy (non-hydrogen) atoms. The monoisotopic (exact) mass is 412 g/mol. The molecule has 0 aliphatic carbocycles. The highest BCUT2D eigenvalue weighted by Crippen LogP contribution is 2.46. The molecule has 1 aliphatic rings. The van der Waals surface area contributed by atoms with Crippen LogP contribution >= 0.6 is 19.5 Å². The van der Waals surface area contributed by atoms with Gasteiger partial charge >= 0.3 is 19.4 Å². The number of aromatic nitrogens is 2. The summed E-state index contributed by atoms with van der Waals surface area (Å²) in [6.07, 6.45) is -2.20. The van der Waals surface area contributed by atoms with Gasteiger partial charge in [0, 0.05) is 6.20 Å². The molecule has 1 aliphatic heterocycles. The van der Waals surface area contributed by atoms with Crippen LogP contribution in [-0.4, -0.2) is 60.8 Å². The number of carbonyl (C=O) groups is 1. The summed E-state index contributed by atoms with van der Waals surface area (Å²) < 4.78 is 31.9. The third-order valence-electron chi connectivity index (χ3n) is 3.56. The minimum Gasteiger partial charge on any atom is -0.480 e. The number of hydrogen-bond acceptors (Lipinski definition) is 8. The minimum absolute atomic E-state index is 0.0371. The number of aliphatic hydroxyl groups excluding tert-OH is 1. The van der Waals surface area contributed by atoms with Gasteiger partial charge in [0.15, 0.2) is 6.17 Å². The largest absolute Gasteiger partial charge is 0.480 e. The minimum atomic E-state index is -4.48. The van der Waals surface area contributed by atoms with E-state index in [0.29, 0.717) is 0 Å². The van der Waals surface area contributed by atoms with E-state index in [-0.39, 0.29) is 5.82 Å². The summed E-state index contributed by atoms with van der Waals surface area (Å²) in [6, 6.07) is -0.0580. The van der Waals surface area contributed by atoms with Crippen molar-refractivity contribution < 1.29 is 33.4 Å². The third kappa shape index (κ3) is 4.81. The van der Waals surface area contributed by atoms with Gasteiger partial charge in [0.1, 0.15) is 23.3 Å². The Morgan fingerprint density at radius 3 is 2.88 bits per heavy atom. The maximum absolute atomic E-state index is 14.4. The maximum atomic E-state index is 14.4. The van der Waals surface area contributed by atoms with Crippen LogP contribution in [0.1, 0.15) is 12.3 Å². The van der Waals surface area contributed by atoms with Gasteiger partial charge in [-0.05, 0) is 13.0 Å². The molecule has 6 atom stereocenters. The fraction of sp³-hybridized carbons (Fsp3) is 0.583. The smallest absolute Gasteiger partial charge is 0.403 e. The zero-order chi connectivity index (χ0) is 19.6. The second-order valence-corrected chi connectivity index (χ2v) is 8.47. The number of thioether (sulfide) groups is 1. The second-order valence-electron chi connectivity index (χ2n) is 5.55. The van der Waals surface area contributed by atoms with Crippen LogP contribution in [0.4, 0.5) is 10.2 Å². The van der Waals surface area contributed by atoms with Crippen molar-refractivity contribution in [1.82, 2.24) is 14.6 Å². The van der Waals surface area contributed by atoms with Gasteiger partial charge in [-0.3, -0.25) is 13.9 Å². The molecule has 146 valence electrons. The van der Waals surface area contributed by atoms with Gasteiger partial charge in [-0.1, -0.05) is 0 Å². The summed E-state index contributed by atoms with van der Waals surface area (Å²) in [5.74, 6) is -1.40. The molecule has 2 rings (SSSR count). The van der Waals surface area contributed by atoms with Crippen LogP contribution < -0.4 is 16.5 Å². The lowest BCUT2D eigenvalue weighted by molar-refractivity contribution is -0.138. The van der Waals surface area contributed by atoms with Crippen LogP contribution in [0, 0.1) is 0 Å². The van der Waals surface area contributed by atoms with Crippen LogP contribution in [0.5, 0.6) is 0 Å². The average Bonchev–Trinajstić information content (AvgIpc) is 2.81. The van der Waals surface area contributed by atoms with E-state index in [0.717, 1.165) is 23.3 Å². The summed E-state index contributed by atoms with van der Waals surface area (Å²) in [7, 11) is -4.48. The van der Waals surface area contributed by atoms with Crippen molar-refractivity contribution in [3.05, 3.63) is 22.7 Å². The Kier molecular flexibility index (Phi) is 6.42. The highest BCUT2D eigenvalue weighted by Gasteiger charge is 2.46. The van der Waals surface area contributed by atoms with Gasteiger partial charge < -0.3 is 20.8 Å². The predicted molar refractivity (Wildman–Crippen MR) is 90.2 cm³/mol. The van der Waals surface area contributed by atoms with E-state index in [1.54, 1.807) is 0 Å². The van der Waals surface area contributed by atoms with E-state index in [1.165, 1.54) is 12.3 Å². The molecule has 1 aromatic heterocycles. The van der Waals surface area contributed by atoms with Crippen molar-refractivity contribution in [2.75, 3.05) is 12.3 Å². The Morgan fingerprint density at radius 2 is 2.31 bits per heavy atom. The van der Waals surface area contributed by atoms with Crippen LogP contribution in [0.2, 0.25) is 0 Å². The number of nitrogens with one attached hydrogen (secondary N) is 1. The summed E-state index contributed by atoms with van der Waals surface area (Å²) in [5.41, 5.74) is 4.57. The van der Waals surface area contributed by atoms with Crippen molar-refractivity contribution >= 4 is 31.3 Å². The Balaban J connectivity index is 2.04. The number of alkyl halides is 1. The standard InChI is InChI=1S/C12H18FN4O7PS/c1-5(11(19)20)16-25(22,23)24-4-6-9(18)8(13)10(26-6)17-3-2-7(14)15-12(17)21/h2-3,5-6,8-10,18H,4H2,1H3,(H,19,20)(H2,14,15,21)(H2,16,22,23)/t5?,6-,8+,9-,10-/m1/s1. The summed E-state index contributed by atoms with van der Waals surface area (Å²) >= 11 is 0.822. The van der Waals surface area contributed by atoms with E-state index < -0.39 is 55.0 Å². The van der Waals surface area contributed by atoms with Gasteiger partial charge in [0.05, 0.1) is 11.9 Å². The molecule has 0 aromatic carbocycles. The lowest BCUT2D eigenvalue weighted by Crippen LogP contribution is -2.35.